The van der Waals surface area contributed by atoms with E-state index in [9.17, 15) is 14.0 Å². The second kappa shape index (κ2) is 7.62. The molecule has 0 aliphatic carbocycles. The summed E-state index contributed by atoms with van der Waals surface area (Å²) in [6, 6.07) is 7.28. The smallest absolute Gasteiger partial charge is 0.339 e. The van der Waals surface area contributed by atoms with E-state index in [2.05, 4.69) is 10.1 Å². The van der Waals surface area contributed by atoms with Crippen LogP contribution in [0.5, 0.6) is 0 Å². The molecule has 1 aliphatic heterocycles. The van der Waals surface area contributed by atoms with Gasteiger partial charge in [-0.15, -0.1) is 0 Å². The Morgan fingerprint density at radius 1 is 1.21 bits per heavy atom. The first-order chi connectivity index (χ1) is 13.9. The van der Waals surface area contributed by atoms with Crippen LogP contribution in [-0.4, -0.2) is 46.1 Å². The quantitative estimate of drug-likeness (QED) is 0.627. The van der Waals surface area contributed by atoms with Crippen LogP contribution >= 0.6 is 0 Å². The number of pyridine rings is 1. The van der Waals surface area contributed by atoms with Crippen LogP contribution in [0.4, 0.5) is 4.39 Å². The minimum absolute atomic E-state index is 0.176. The highest BCUT2D eigenvalue weighted by Gasteiger charge is 2.28. The van der Waals surface area contributed by atoms with Gasteiger partial charge in [0, 0.05) is 18.7 Å². The standard InChI is InChI=1S/C21H20FN3O4/c1-12-18-16(21(27)28-13(2)20(26)25-9-3-4-10-25)11-17(23-19(18)29-24-12)14-5-7-15(22)8-6-14/h5-8,11,13H,3-4,9-10H2,1-2H3/t13-/m0/s1. The number of nitrogens with zero attached hydrogens (tertiary/aromatic N) is 3. The normalized spacial score (nSPS) is 14.9. The third kappa shape index (κ3) is 3.70. The molecule has 0 N–H and O–H groups in total. The summed E-state index contributed by atoms with van der Waals surface area (Å²) < 4.78 is 24.0. The number of rotatable bonds is 4. The number of esters is 1. The molecule has 0 unspecified atom stereocenters. The summed E-state index contributed by atoms with van der Waals surface area (Å²) in [5, 5.41) is 4.32. The van der Waals surface area contributed by atoms with Crippen molar-refractivity contribution >= 4 is 23.0 Å². The number of fused-ring (bicyclic) bond motifs is 1. The van der Waals surface area contributed by atoms with Crippen molar-refractivity contribution in [2.45, 2.75) is 32.8 Å². The van der Waals surface area contributed by atoms with E-state index in [4.69, 9.17) is 9.26 Å². The van der Waals surface area contributed by atoms with Crippen LogP contribution in [0.2, 0.25) is 0 Å². The summed E-state index contributed by atoms with van der Waals surface area (Å²) in [5.74, 6) is -1.24. The molecule has 1 fully saturated rings. The number of carbonyl (C=O) groups excluding carboxylic acids is 2. The first-order valence-electron chi connectivity index (χ1n) is 9.47. The van der Waals surface area contributed by atoms with E-state index >= 15 is 0 Å². The van der Waals surface area contributed by atoms with Gasteiger partial charge < -0.3 is 14.2 Å². The molecule has 4 rings (SSSR count). The fourth-order valence-corrected chi connectivity index (χ4v) is 3.49. The zero-order chi connectivity index (χ0) is 20.5. The lowest BCUT2D eigenvalue weighted by atomic mass is 10.1. The fraction of sp³-hybridized carbons (Fsp3) is 0.333. The molecule has 0 bridgehead atoms. The van der Waals surface area contributed by atoms with Crippen LogP contribution in [0.3, 0.4) is 0 Å². The van der Waals surface area contributed by atoms with Crippen molar-refractivity contribution in [1.29, 1.82) is 0 Å². The summed E-state index contributed by atoms with van der Waals surface area (Å²) in [7, 11) is 0. The van der Waals surface area contributed by atoms with Gasteiger partial charge in [-0.1, -0.05) is 5.16 Å². The Balaban J connectivity index is 1.67. The lowest BCUT2D eigenvalue weighted by molar-refractivity contribution is -0.138. The number of aryl methyl sites for hydroxylation is 1. The molecule has 0 saturated carbocycles. The number of hydrogen-bond acceptors (Lipinski definition) is 6. The molecule has 1 saturated heterocycles. The van der Waals surface area contributed by atoms with Gasteiger partial charge in [-0.05, 0) is 57.0 Å². The first kappa shape index (κ1) is 19.0. The SMILES string of the molecule is Cc1noc2nc(-c3ccc(F)cc3)cc(C(=O)O[C@@H](C)C(=O)N3CCCC3)c12. The van der Waals surface area contributed by atoms with Crippen LogP contribution in [0.15, 0.2) is 34.9 Å². The van der Waals surface area contributed by atoms with E-state index in [1.807, 2.05) is 0 Å². The maximum absolute atomic E-state index is 13.3. The Hall–Kier alpha value is -3.29. The van der Waals surface area contributed by atoms with Gasteiger partial charge in [-0.3, -0.25) is 4.79 Å². The molecule has 29 heavy (non-hydrogen) atoms. The summed E-state index contributed by atoms with van der Waals surface area (Å²) >= 11 is 0. The maximum Gasteiger partial charge on any atom is 0.339 e. The van der Waals surface area contributed by atoms with Crippen molar-refractivity contribution in [3.8, 4) is 11.3 Å². The lowest BCUT2D eigenvalue weighted by Gasteiger charge is -2.20. The molecule has 2 aromatic heterocycles. The summed E-state index contributed by atoms with van der Waals surface area (Å²) in [5.41, 5.74) is 1.89. The largest absolute Gasteiger partial charge is 0.449 e. The molecule has 1 aromatic carbocycles. The molecule has 3 heterocycles. The Kier molecular flexibility index (Phi) is 5.00. The molecular formula is C21H20FN3O4. The van der Waals surface area contributed by atoms with Gasteiger partial charge >= 0.3 is 5.97 Å². The molecule has 0 radical (unpaired) electrons. The van der Waals surface area contributed by atoms with Crippen molar-refractivity contribution in [2.75, 3.05) is 13.1 Å². The van der Waals surface area contributed by atoms with E-state index in [0.29, 0.717) is 35.4 Å². The number of benzene rings is 1. The third-order valence-electron chi connectivity index (χ3n) is 5.03. The van der Waals surface area contributed by atoms with Crippen LogP contribution in [-0.2, 0) is 9.53 Å². The Labute approximate surface area is 166 Å². The predicted octanol–water partition coefficient (Wildman–Crippen LogP) is 3.51. The summed E-state index contributed by atoms with van der Waals surface area (Å²) in [6.45, 7) is 4.62. The number of halogens is 1. The van der Waals surface area contributed by atoms with Gasteiger partial charge in [-0.2, -0.15) is 0 Å². The first-order valence-corrected chi connectivity index (χ1v) is 9.47. The van der Waals surface area contributed by atoms with Crippen molar-refractivity contribution in [3.63, 3.8) is 0 Å². The summed E-state index contributed by atoms with van der Waals surface area (Å²) in [4.78, 5) is 31.5. The van der Waals surface area contributed by atoms with Gasteiger partial charge in [0.15, 0.2) is 6.10 Å². The van der Waals surface area contributed by atoms with Crippen LogP contribution in [0.1, 0.15) is 35.8 Å². The third-order valence-corrected chi connectivity index (χ3v) is 5.03. The van der Waals surface area contributed by atoms with Crippen molar-refractivity contribution < 1.29 is 23.2 Å². The average Bonchev–Trinajstić information content (AvgIpc) is 3.37. The minimum Gasteiger partial charge on any atom is -0.449 e. The van der Waals surface area contributed by atoms with Crippen LogP contribution < -0.4 is 0 Å². The van der Waals surface area contributed by atoms with Gasteiger partial charge in [0.1, 0.15) is 5.82 Å². The second-order valence-corrected chi connectivity index (χ2v) is 7.09. The molecular weight excluding hydrogens is 377 g/mol. The molecule has 1 amide bonds. The topological polar surface area (TPSA) is 85.5 Å². The molecule has 3 aromatic rings. The van der Waals surface area contributed by atoms with Gasteiger partial charge in [0.05, 0.1) is 22.3 Å². The van der Waals surface area contributed by atoms with Gasteiger partial charge in [-0.25, -0.2) is 14.2 Å². The lowest BCUT2D eigenvalue weighted by Crippen LogP contribution is -2.38. The predicted molar refractivity (Wildman–Crippen MR) is 103 cm³/mol. The highest BCUT2D eigenvalue weighted by atomic mass is 19.1. The molecule has 1 aliphatic rings. The monoisotopic (exact) mass is 397 g/mol. The molecule has 1 atom stereocenters. The second-order valence-electron chi connectivity index (χ2n) is 7.09. The Bertz CT molecular complexity index is 1070. The zero-order valence-electron chi connectivity index (χ0n) is 16.1. The molecule has 8 heteroatoms. The van der Waals surface area contributed by atoms with E-state index in [1.165, 1.54) is 12.1 Å². The number of amides is 1. The van der Waals surface area contributed by atoms with Crippen molar-refractivity contribution in [3.05, 3.63) is 47.4 Å². The highest BCUT2D eigenvalue weighted by Crippen LogP contribution is 2.28. The van der Waals surface area contributed by atoms with Crippen molar-refractivity contribution in [1.82, 2.24) is 15.0 Å². The van der Waals surface area contributed by atoms with E-state index in [-0.39, 0.29) is 23.0 Å². The molecule has 0 spiro atoms. The zero-order valence-corrected chi connectivity index (χ0v) is 16.1. The number of hydrogen-bond donors (Lipinski definition) is 0. The van der Waals surface area contributed by atoms with Crippen molar-refractivity contribution in [2.24, 2.45) is 0 Å². The Morgan fingerprint density at radius 3 is 2.59 bits per heavy atom. The Morgan fingerprint density at radius 2 is 1.90 bits per heavy atom. The van der Waals surface area contributed by atoms with E-state index in [0.717, 1.165) is 12.8 Å². The number of ether oxygens (including phenoxy) is 1. The minimum atomic E-state index is -0.904. The average molecular weight is 397 g/mol. The number of likely N-dealkylation sites (tertiary alicyclic amines) is 1. The van der Waals surface area contributed by atoms with Crippen LogP contribution in [0, 0.1) is 12.7 Å². The number of carbonyl (C=O) groups is 2. The molecule has 150 valence electrons. The fourth-order valence-electron chi connectivity index (χ4n) is 3.49. The number of aromatic nitrogens is 2. The van der Waals surface area contributed by atoms with E-state index < -0.39 is 12.1 Å². The van der Waals surface area contributed by atoms with Crippen LogP contribution in [0.25, 0.3) is 22.4 Å². The summed E-state index contributed by atoms with van der Waals surface area (Å²) in [6.07, 6.45) is 1.01. The van der Waals surface area contributed by atoms with Gasteiger partial charge in [0.2, 0.25) is 0 Å². The maximum atomic E-state index is 13.3. The highest BCUT2D eigenvalue weighted by molar-refractivity contribution is 6.05. The van der Waals surface area contributed by atoms with Gasteiger partial charge in [0.25, 0.3) is 11.6 Å². The molecule has 7 nitrogen and oxygen atoms in total. The van der Waals surface area contributed by atoms with E-state index in [1.54, 1.807) is 36.9 Å².